The second-order valence-electron chi connectivity index (χ2n) is 2.19. The maximum absolute atomic E-state index is 5.56. The molecular formula is C9H8Cl2O2. The highest BCUT2D eigenvalue weighted by molar-refractivity contribution is 6.35. The third-order valence-electron chi connectivity index (χ3n) is 1.34. The molecule has 0 amide bonds. The normalized spacial score (nSPS) is 11.2. The van der Waals surface area contributed by atoms with Gasteiger partial charge >= 0.3 is 0 Å². The third-order valence-corrected chi connectivity index (χ3v) is 1.84. The average molecular weight is 219 g/mol. The third kappa shape index (κ3) is 3.17. The molecule has 1 aromatic rings. The Balaban J connectivity index is 2.77. The average Bonchev–Trinajstić information content (AvgIpc) is 2.18. The Bertz CT molecular complexity index is 310. The zero-order valence-corrected chi connectivity index (χ0v) is 8.47. The highest BCUT2D eigenvalue weighted by Crippen LogP contribution is 2.21. The van der Waals surface area contributed by atoms with Crippen molar-refractivity contribution in [1.29, 1.82) is 0 Å². The Hall–Kier alpha value is -0.860. The second kappa shape index (κ2) is 5.00. The van der Waals surface area contributed by atoms with Crippen molar-refractivity contribution >= 4 is 23.2 Å². The SMILES string of the molecule is COc1cccc(OC(Cl)=CCl)c1. The first kappa shape index (κ1) is 10.2. The van der Waals surface area contributed by atoms with E-state index in [0.717, 1.165) is 5.54 Å². The molecule has 0 saturated heterocycles. The summed E-state index contributed by atoms with van der Waals surface area (Å²) < 4.78 is 10.1. The van der Waals surface area contributed by atoms with Gasteiger partial charge in [0.25, 0.3) is 0 Å². The van der Waals surface area contributed by atoms with Crippen molar-refractivity contribution in [1.82, 2.24) is 0 Å². The van der Waals surface area contributed by atoms with Gasteiger partial charge in [-0.15, -0.1) is 0 Å². The van der Waals surface area contributed by atoms with Crippen LogP contribution in [-0.2, 0) is 0 Å². The molecule has 1 aromatic carbocycles. The van der Waals surface area contributed by atoms with E-state index in [0.29, 0.717) is 11.5 Å². The quantitative estimate of drug-likeness (QED) is 0.725. The maximum Gasteiger partial charge on any atom is 0.205 e. The Kier molecular flexibility index (Phi) is 3.93. The van der Waals surface area contributed by atoms with E-state index in [1.54, 1.807) is 25.3 Å². The number of methoxy groups -OCH3 is 1. The van der Waals surface area contributed by atoms with Gasteiger partial charge in [0, 0.05) is 6.07 Å². The lowest BCUT2D eigenvalue weighted by Crippen LogP contribution is -1.88. The van der Waals surface area contributed by atoms with Crippen LogP contribution < -0.4 is 9.47 Å². The lowest BCUT2D eigenvalue weighted by atomic mass is 10.3. The first-order chi connectivity index (χ1) is 6.26. The van der Waals surface area contributed by atoms with Crippen LogP contribution in [0.5, 0.6) is 11.5 Å². The summed E-state index contributed by atoms with van der Waals surface area (Å²) in [6, 6.07) is 7.08. The molecule has 0 unspecified atom stereocenters. The van der Waals surface area contributed by atoms with Crippen molar-refractivity contribution in [2.24, 2.45) is 0 Å². The molecule has 1 rings (SSSR count). The summed E-state index contributed by atoms with van der Waals surface area (Å²) in [4.78, 5) is 0. The highest BCUT2D eigenvalue weighted by atomic mass is 35.5. The molecule has 70 valence electrons. The van der Waals surface area contributed by atoms with Crippen LogP contribution in [0.25, 0.3) is 0 Å². The van der Waals surface area contributed by atoms with Crippen molar-refractivity contribution in [3.05, 3.63) is 35.0 Å². The van der Waals surface area contributed by atoms with Gasteiger partial charge < -0.3 is 9.47 Å². The fraction of sp³-hybridized carbons (Fsp3) is 0.111. The molecule has 0 atom stereocenters. The van der Waals surface area contributed by atoms with Crippen LogP contribution in [0.4, 0.5) is 0 Å². The summed E-state index contributed by atoms with van der Waals surface area (Å²) in [6.07, 6.45) is 0. The van der Waals surface area contributed by atoms with Crippen molar-refractivity contribution in [3.63, 3.8) is 0 Å². The molecule has 0 radical (unpaired) electrons. The summed E-state index contributed by atoms with van der Waals surface area (Å²) in [7, 11) is 1.58. The van der Waals surface area contributed by atoms with Gasteiger partial charge in [-0.25, -0.2) is 0 Å². The molecule has 0 aliphatic carbocycles. The topological polar surface area (TPSA) is 18.5 Å². The molecule has 13 heavy (non-hydrogen) atoms. The monoisotopic (exact) mass is 218 g/mol. The van der Waals surface area contributed by atoms with Crippen molar-refractivity contribution in [2.45, 2.75) is 0 Å². The standard InChI is InChI=1S/C9H8Cl2O2/c1-12-7-3-2-4-8(5-7)13-9(11)6-10/h2-6H,1H3. The van der Waals surface area contributed by atoms with Gasteiger partial charge in [-0.2, -0.15) is 0 Å². The van der Waals surface area contributed by atoms with Gasteiger partial charge in [0.1, 0.15) is 11.5 Å². The molecule has 0 spiro atoms. The Morgan fingerprint density at radius 2 is 2.08 bits per heavy atom. The van der Waals surface area contributed by atoms with Gasteiger partial charge in [0.15, 0.2) is 0 Å². The van der Waals surface area contributed by atoms with Gasteiger partial charge in [0.05, 0.1) is 12.6 Å². The van der Waals surface area contributed by atoms with Crippen molar-refractivity contribution < 1.29 is 9.47 Å². The summed E-state index contributed by atoms with van der Waals surface area (Å²) in [5, 5.41) is 0.120. The zero-order valence-electron chi connectivity index (χ0n) is 6.96. The highest BCUT2D eigenvalue weighted by Gasteiger charge is 1.98. The lowest BCUT2D eigenvalue weighted by molar-refractivity contribution is 0.407. The Labute approximate surface area is 86.7 Å². The van der Waals surface area contributed by atoms with E-state index in [2.05, 4.69) is 0 Å². The van der Waals surface area contributed by atoms with Gasteiger partial charge in [0.2, 0.25) is 5.22 Å². The Morgan fingerprint density at radius 3 is 2.69 bits per heavy atom. The number of ether oxygens (including phenoxy) is 2. The van der Waals surface area contributed by atoms with Crippen LogP contribution in [0.3, 0.4) is 0 Å². The molecular weight excluding hydrogens is 211 g/mol. The van der Waals surface area contributed by atoms with Gasteiger partial charge in [-0.3, -0.25) is 0 Å². The smallest absolute Gasteiger partial charge is 0.205 e. The number of benzene rings is 1. The maximum atomic E-state index is 5.56. The molecule has 0 aromatic heterocycles. The molecule has 2 nitrogen and oxygen atoms in total. The Morgan fingerprint density at radius 1 is 1.38 bits per heavy atom. The van der Waals surface area contributed by atoms with Crippen LogP contribution in [0.2, 0.25) is 0 Å². The van der Waals surface area contributed by atoms with E-state index in [9.17, 15) is 0 Å². The molecule has 0 aliphatic rings. The molecule has 0 fully saturated rings. The first-order valence-electron chi connectivity index (χ1n) is 3.54. The fourth-order valence-electron chi connectivity index (χ4n) is 0.800. The minimum atomic E-state index is 0.120. The number of hydrogen-bond donors (Lipinski definition) is 0. The number of rotatable bonds is 3. The fourth-order valence-corrected chi connectivity index (χ4v) is 0.933. The lowest BCUT2D eigenvalue weighted by Gasteiger charge is -2.04. The number of halogens is 2. The molecule has 0 N–H and O–H groups in total. The van der Waals surface area contributed by atoms with Gasteiger partial charge in [-0.1, -0.05) is 17.7 Å². The van der Waals surface area contributed by atoms with Crippen molar-refractivity contribution in [3.8, 4) is 11.5 Å². The molecule has 0 heterocycles. The van der Waals surface area contributed by atoms with Crippen LogP contribution in [0.1, 0.15) is 0 Å². The largest absolute Gasteiger partial charge is 0.497 e. The predicted octanol–water partition coefficient (Wildman–Crippen LogP) is 3.35. The molecule has 0 saturated carbocycles. The zero-order chi connectivity index (χ0) is 9.68. The summed E-state index contributed by atoms with van der Waals surface area (Å²) >= 11 is 10.9. The predicted molar refractivity (Wildman–Crippen MR) is 53.4 cm³/mol. The molecule has 0 bridgehead atoms. The van der Waals surface area contributed by atoms with E-state index in [-0.39, 0.29) is 5.22 Å². The minimum Gasteiger partial charge on any atom is -0.497 e. The second-order valence-corrected chi connectivity index (χ2v) is 2.79. The van der Waals surface area contributed by atoms with E-state index in [4.69, 9.17) is 32.7 Å². The van der Waals surface area contributed by atoms with E-state index < -0.39 is 0 Å². The first-order valence-corrected chi connectivity index (χ1v) is 4.35. The molecule has 0 aliphatic heterocycles. The van der Waals surface area contributed by atoms with Crippen LogP contribution in [0, 0.1) is 0 Å². The van der Waals surface area contributed by atoms with Crippen LogP contribution >= 0.6 is 23.2 Å². The summed E-state index contributed by atoms with van der Waals surface area (Å²) in [6.45, 7) is 0. The van der Waals surface area contributed by atoms with E-state index >= 15 is 0 Å². The molecule has 4 heteroatoms. The number of hydrogen-bond acceptors (Lipinski definition) is 2. The van der Waals surface area contributed by atoms with E-state index in [1.807, 2.05) is 6.07 Å². The van der Waals surface area contributed by atoms with Crippen LogP contribution in [0.15, 0.2) is 35.0 Å². The minimum absolute atomic E-state index is 0.120. The van der Waals surface area contributed by atoms with E-state index in [1.165, 1.54) is 0 Å². The summed E-state index contributed by atoms with van der Waals surface area (Å²) in [5.74, 6) is 1.29. The van der Waals surface area contributed by atoms with Crippen molar-refractivity contribution in [2.75, 3.05) is 7.11 Å². The van der Waals surface area contributed by atoms with Crippen LogP contribution in [-0.4, -0.2) is 7.11 Å². The summed E-state index contributed by atoms with van der Waals surface area (Å²) in [5.41, 5.74) is 1.15. The van der Waals surface area contributed by atoms with Gasteiger partial charge in [-0.05, 0) is 23.7 Å².